The molecule has 1 heterocycles. The predicted molar refractivity (Wildman–Crippen MR) is 72.2 cm³/mol. The second-order valence-corrected chi connectivity index (χ2v) is 4.34. The van der Waals surface area contributed by atoms with Gasteiger partial charge in [-0.3, -0.25) is 4.79 Å². The van der Waals surface area contributed by atoms with E-state index in [2.05, 4.69) is 5.10 Å². The fourth-order valence-corrected chi connectivity index (χ4v) is 1.84. The Morgan fingerprint density at radius 1 is 1.45 bits per heavy atom. The number of ether oxygens (including phenoxy) is 1. The molecule has 2 rings (SSSR count). The summed E-state index contributed by atoms with van der Waals surface area (Å²) in [5, 5.41) is 12.9. The Balaban J connectivity index is 2.55. The van der Waals surface area contributed by atoms with Crippen LogP contribution in [-0.2, 0) is 11.3 Å². The van der Waals surface area contributed by atoms with E-state index in [1.807, 2.05) is 18.2 Å². The van der Waals surface area contributed by atoms with E-state index in [1.54, 1.807) is 20.1 Å². The molecule has 6 nitrogen and oxygen atoms in total. The molecule has 0 saturated heterocycles. The standard InChI is InChI=1S/C14H14N2O4/c1-9-7-16(15-12(13(9)17)14(18)19)11-5-3-4-10(6-11)8-20-2/h3-7H,8H2,1-2H3,(H,18,19). The smallest absolute Gasteiger partial charge is 0.360 e. The third kappa shape index (κ3) is 2.75. The van der Waals surface area contributed by atoms with Gasteiger partial charge < -0.3 is 9.84 Å². The van der Waals surface area contributed by atoms with Crippen molar-refractivity contribution in [1.29, 1.82) is 0 Å². The van der Waals surface area contributed by atoms with E-state index >= 15 is 0 Å². The summed E-state index contributed by atoms with van der Waals surface area (Å²) in [7, 11) is 1.59. The van der Waals surface area contributed by atoms with E-state index in [0.29, 0.717) is 17.9 Å². The lowest BCUT2D eigenvalue weighted by Crippen LogP contribution is -2.23. The highest BCUT2D eigenvalue weighted by Gasteiger charge is 2.14. The van der Waals surface area contributed by atoms with Crippen LogP contribution in [0.1, 0.15) is 21.6 Å². The van der Waals surface area contributed by atoms with Gasteiger partial charge in [-0.1, -0.05) is 12.1 Å². The zero-order chi connectivity index (χ0) is 14.7. The molecule has 0 aliphatic carbocycles. The van der Waals surface area contributed by atoms with Crippen molar-refractivity contribution in [2.45, 2.75) is 13.5 Å². The third-order valence-corrected chi connectivity index (χ3v) is 2.79. The Bertz CT molecular complexity index is 707. The van der Waals surface area contributed by atoms with Gasteiger partial charge in [0.05, 0.1) is 12.3 Å². The van der Waals surface area contributed by atoms with E-state index in [9.17, 15) is 9.59 Å². The van der Waals surface area contributed by atoms with E-state index < -0.39 is 17.1 Å². The summed E-state index contributed by atoms with van der Waals surface area (Å²) in [5.74, 6) is -1.33. The van der Waals surface area contributed by atoms with Gasteiger partial charge in [-0.2, -0.15) is 5.10 Å². The first-order chi connectivity index (χ1) is 9.52. The van der Waals surface area contributed by atoms with Crippen LogP contribution in [0.5, 0.6) is 0 Å². The summed E-state index contributed by atoms with van der Waals surface area (Å²) < 4.78 is 6.44. The van der Waals surface area contributed by atoms with Gasteiger partial charge in [0.2, 0.25) is 11.1 Å². The van der Waals surface area contributed by atoms with E-state index in [4.69, 9.17) is 9.84 Å². The number of aromatic carboxylic acids is 1. The highest BCUT2D eigenvalue weighted by atomic mass is 16.5. The lowest BCUT2D eigenvalue weighted by molar-refractivity contribution is 0.0686. The molecule has 2 aromatic rings. The molecular formula is C14H14N2O4. The van der Waals surface area contributed by atoms with Gasteiger partial charge in [-0.05, 0) is 24.6 Å². The van der Waals surface area contributed by atoms with Crippen LogP contribution in [0.3, 0.4) is 0 Å². The molecule has 0 aliphatic rings. The van der Waals surface area contributed by atoms with Gasteiger partial charge in [0.25, 0.3) is 0 Å². The Morgan fingerprint density at radius 3 is 2.85 bits per heavy atom. The van der Waals surface area contributed by atoms with Crippen molar-refractivity contribution in [3.63, 3.8) is 0 Å². The average molecular weight is 274 g/mol. The number of benzene rings is 1. The molecule has 104 valence electrons. The van der Waals surface area contributed by atoms with Gasteiger partial charge in [-0.25, -0.2) is 9.48 Å². The minimum Gasteiger partial charge on any atom is -0.476 e. The fourth-order valence-electron chi connectivity index (χ4n) is 1.84. The van der Waals surface area contributed by atoms with Crippen LogP contribution in [0.25, 0.3) is 5.69 Å². The quantitative estimate of drug-likeness (QED) is 0.911. The number of hydrogen-bond donors (Lipinski definition) is 1. The molecule has 0 fully saturated rings. The van der Waals surface area contributed by atoms with Crippen molar-refractivity contribution in [2.24, 2.45) is 0 Å². The average Bonchev–Trinajstić information content (AvgIpc) is 2.42. The minimum absolute atomic E-state index is 0.328. The molecular weight excluding hydrogens is 260 g/mol. The number of hydrogen-bond acceptors (Lipinski definition) is 4. The Hall–Kier alpha value is -2.47. The number of aromatic nitrogens is 2. The van der Waals surface area contributed by atoms with Crippen molar-refractivity contribution < 1.29 is 14.6 Å². The van der Waals surface area contributed by atoms with Crippen molar-refractivity contribution in [1.82, 2.24) is 9.78 Å². The highest BCUT2D eigenvalue weighted by molar-refractivity contribution is 5.85. The first-order valence-corrected chi connectivity index (χ1v) is 5.95. The zero-order valence-corrected chi connectivity index (χ0v) is 11.2. The molecule has 1 aromatic carbocycles. The summed E-state index contributed by atoms with van der Waals surface area (Å²) in [5.41, 5.74) is 0.878. The molecule has 0 radical (unpaired) electrons. The Kier molecular flexibility index (Phi) is 3.95. The van der Waals surface area contributed by atoms with Crippen LogP contribution in [0.15, 0.2) is 35.3 Å². The molecule has 0 amide bonds. The third-order valence-electron chi connectivity index (χ3n) is 2.79. The molecule has 0 aliphatic heterocycles. The van der Waals surface area contributed by atoms with Crippen LogP contribution in [0.4, 0.5) is 0 Å². The summed E-state index contributed by atoms with van der Waals surface area (Å²) in [6.07, 6.45) is 1.51. The maximum Gasteiger partial charge on any atom is 0.360 e. The maximum absolute atomic E-state index is 11.7. The largest absolute Gasteiger partial charge is 0.476 e. The summed E-state index contributed by atoms with van der Waals surface area (Å²) in [4.78, 5) is 22.7. The monoisotopic (exact) mass is 274 g/mol. The summed E-state index contributed by atoms with van der Waals surface area (Å²) >= 11 is 0. The number of carboxylic acid groups (broad SMARTS) is 1. The van der Waals surface area contributed by atoms with Gasteiger partial charge in [-0.15, -0.1) is 0 Å². The normalized spacial score (nSPS) is 10.5. The SMILES string of the molecule is COCc1cccc(-n2cc(C)c(=O)c(C(=O)O)n2)c1. The van der Waals surface area contributed by atoms with Crippen molar-refractivity contribution in [3.8, 4) is 5.69 Å². The predicted octanol–water partition coefficient (Wildman–Crippen LogP) is 1.39. The molecule has 0 saturated carbocycles. The van der Waals surface area contributed by atoms with Crippen LogP contribution in [0.2, 0.25) is 0 Å². The Morgan fingerprint density at radius 2 is 2.20 bits per heavy atom. The fraction of sp³-hybridized carbons (Fsp3) is 0.214. The van der Waals surface area contributed by atoms with Crippen LogP contribution in [0, 0.1) is 6.92 Å². The van der Waals surface area contributed by atoms with Crippen molar-refractivity contribution in [2.75, 3.05) is 7.11 Å². The van der Waals surface area contributed by atoms with Crippen LogP contribution in [-0.4, -0.2) is 28.0 Å². The van der Waals surface area contributed by atoms with Gasteiger partial charge in [0.1, 0.15) is 0 Å². The zero-order valence-electron chi connectivity index (χ0n) is 11.2. The van der Waals surface area contributed by atoms with E-state index in [1.165, 1.54) is 10.9 Å². The second kappa shape index (κ2) is 5.66. The molecule has 20 heavy (non-hydrogen) atoms. The number of methoxy groups -OCH3 is 1. The van der Waals surface area contributed by atoms with Crippen molar-refractivity contribution >= 4 is 5.97 Å². The highest BCUT2D eigenvalue weighted by Crippen LogP contribution is 2.10. The van der Waals surface area contributed by atoms with Gasteiger partial charge >= 0.3 is 5.97 Å². The molecule has 0 unspecified atom stereocenters. The van der Waals surface area contributed by atoms with Gasteiger partial charge in [0, 0.05) is 18.9 Å². The molecule has 0 atom stereocenters. The van der Waals surface area contributed by atoms with Crippen molar-refractivity contribution in [3.05, 3.63) is 57.5 Å². The van der Waals surface area contributed by atoms with Crippen LogP contribution >= 0.6 is 0 Å². The number of nitrogens with zero attached hydrogens (tertiary/aromatic N) is 2. The number of aryl methyl sites for hydroxylation is 1. The minimum atomic E-state index is -1.33. The first-order valence-electron chi connectivity index (χ1n) is 5.95. The van der Waals surface area contributed by atoms with Crippen LogP contribution < -0.4 is 5.43 Å². The topological polar surface area (TPSA) is 81.4 Å². The lowest BCUT2D eigenvalue weighted by atomic mass is 10.2. The molecule has 6 heteroatoms. The number of carbonyl (C=O) groups is 1. The maximum atomic E-state index is 11.7. The second-order valence-electron chi connectivity index (χ2n) is 4.34. The van der Waals surface area contributed by atoms with Gasteiger partial charge in [0.15, 0.2) is 0 Å². The number of carboxylic acids is 1. The van der Waals surface area contributed by atoms with E-state index in [0.717, 1.165) is 5.56 Å². The number of rotatable bonds is 4. The molecule has 0 spiro atoms. The Labute approximate surface area is 115 Å². The summed E-state index contributed by atoms with van der Waals surface area (Å²) in [6.45, 7) is 2.00. The molecule has 0 bridgehead atoms. The lowest BCUT2D eigenvalue weighted by Gasteiger charge is -2.09. The first kappa shape index (κ1) is 14.0. The molecule has 1 N–H and O–H groups in total. The summed E-state index contributed by atoms with van der Waals surface area (Å²) in [6, 6.07) is 7.31. The molecule has 1 aromatic heterocycles. The van der Waals surface area contributed by atoms with E-state index in [-0.39, 0.29) is 0 Å².